The van der Waals surface area contributed by atoms with Crippen molar-refractivity contribution in [2.24, 2.45) is 0 Å². The number of hydrogen-bond donors (Lipinski definition) is 1. The molecule has 1 aromatic heterocycles. The highest BCUT2D eigenvalue weighted by Gasteiger charge is 2.02. The number of aromatic nitrogens is 2. The largest absolute Gasteiger partial charge is 0.364 e. The van der Waals surface area contributed by atoms with E-state index in [0.29, 0.717) is 18.1 Å². The Bertz CT molecular complexity index is 502. The maximum atomic E-state index is 8.82. The summed E-state index contributed by atoms with van der Waals surface area (Å²) < 4.78 is 0. The molecular formula is C12H10N4. The van der Waals surface area contributed by atoms with Crippen molar-refractivity contribution in [3.63, 3.8) is 0 Å². The Labute approximate surface area is 93.6 Å². The first-order chi connectivity index (χ1) is 7.90. The van der Waals surface area contributed by atoms with E-state index in [4.69, 9.17) is 5.26 Å². The van der Waals surface area contributed by atoms with Gasteiger partial charge in [-0.1, -0.05) is 30.3 Å². The van der Waals surface area contributed by atoms with Crippen molar-refractivity contribution >= 4 is 5.82 Å². The predicted molar refractivity (Wildman–Crippen MR) is 60.5 cm³/mol. The molecule has 2 rings (SSSR count). The summed E-state index contributed by atoms with van der Waals surface area (Å²) in [6, 6.07) is 11.9. The van der Waals surface area contributed by atoms with Gasteiger partial charge in [-0.3, -0.25) is 0 Å². The summed E-state index contributed by atoms with van der Waals surface area (Å²) in [6.07, 6.45) is 3.07. The molecule has 4 heteroatoms. The fraction of sp³-hybridized carbons (Fsp3) is 0.0833. The minimum atomic E-state index is 0.318. The van der Waals surface area contributed by atoms with Crippen molar-refractivity contribution in [2.45, 2.75) is 6.54 Å². The van der Waals surface area contributed by atoms with Crippen LogP contribution in [0.1, 0.15) is 11.3 Å². The van der Waals surface area contributed by atoms with Gasteiger partial charge in [0.05, 0.1) is 0 Å². The van der Waals surface area contributed by atoms with Gasteiger partial charge in [-0.2, -0.15) is 5.26 Å². The molecule has 1 heterocycles. The van der Waals surface area contributed by atoms with Crippen LogP contribution in [0.4, 0.5) is 5.82 Å². The zero-order valence-electron chi connectivity index (χ0n) is 8.59. The number of hydrogen-bond acceptors (Lipinski definition) is 4. The summed E-state index contributed by atoms with van der Waals surface area (Å²) in [4.78, 5) is 7.99. The smallest absolute Gasteiger partial charge is 0.182 e. The lowest BCUT2D eigenvalue weighted by atomic mass is 10.2. The van der Waals surface area contributed by atoms with Crippen LogP contribution in [0, 0.1) is 11.3 Å². The van der Waals surface area contributed by atoms with E-state index in [1.807, 2.05) is 36.4 Å². The molecule has 0 fully saturated rings. The Balaban J connectivity index is 2.09. The molecule has 0 amide bonds. The number of nitrogens with one attached hydrogen (secondary N) is 1. The first-order valence-electron chi connectivity index (χ1n) is 4.89. The normalized spacial score (nSPS) is 9.44. The third kappa shape index (κ3) is 2.34. The lowest BCUT2D eigenvalue weighted by molar-refractivity contribution is 1.07. The average molecular weight is 210 g/mol. The number of anilines is 1. The van der Waals surface area contributed by atoms with E-state index in [0.717, 1.165) is 5.56 Å². The molecule has 1 N–H and O–H groups in total. The van der Waals surface area contributed by atoms with E-state index < -0.39 is 0 Å². The van der Waals surface area contributed by atoms with Gasteiger partial charge < -0.3 is 5.32 Å². The first kappa shape index (κ1) is 10.1. The minimum Gasteiger partial charge on any atom is -0.364 e. The fourth-order valence-electron chi connectivity index (χ4n) is 1.33. The van der Waals surface area contributed by atoms with Gasteiger partial charge >= 0.3 is 0 Å². The number of benzene rings is 1. The summed E-state index contributed by atoms with van der Waals surface area (Å²) in [5, 5.41) is 11.9. The molecule has 0 spiro atoms. The highest BCUT2D eigenvalue weighted by Crippen LogP contribution is 2.08. The zero-order chi connectivity index (χ0) is 11.2. The van der Waals surface area contributed by atoms with Crippen LogP contribution < -0.4 is 5.32 Å². The van der Waals surface area contributed by atoms with Crippen LogP contribution in [0.15, 0.2) is 42.7 Å². The molecule has 0 atom stereocenters. The summed E-state index contributed by atoms with van der Waals surface area (Å²) in [7, 11) is 0. The number of nitrogens with zero attached hydrogens (tertiary/aromatic N) is 3. The van der Waals surface area contributed by atoms with Crippen molar-refractivity contribution in [2.75, 3.05) is 5.32 Å². The summed E-state index contributed by atoms with van der Waals surface area (Å²) in [5.74, 6) is 0.522. The maximum Gasteiger partial charge on any atom is 0.182 e. The molecule has 16 heavy (non-hydrogen) atoms. The molecule has 0 radical (unpaired) electrons. The number of rotatable bonds is 3. The van der Waals surface area contributed by atoms with E-state index in [1.165, 1.54) is 6.20 Å². The van der Waals surface area contributed by atoms with Gasteiger partial charge in [0.2, 0.25) is 0 Å². The van der Waals surface area contributed by atoms with E-state index >= 15 is 0 Å². The highest BCUT2D eigenvalue weighted by atomic mass is 15.0. The van der Waals surface area contributed by atoms with E-state index in [2.05, 4.69) is 15.3 Å². The lowest BCUT2D eigenvalue weighted by Crippen LogP contribution is -2.04. The summed E-state index contributed by atoms with van der Waals surface area (Å²) in [6.45, 7) is 0.633. The van der Waals surface area contributed by atoms with Gasteiger partial charge in [0.25, 0.3) is 0 Å². The van der Waals surface area contributed by atoms with E-state index in [-0.39, 0.29) is 0 Å². The Morgan fingerprint density at radius 1 is 1.12 bits per heavy atom. The minimum absolute atomic E-state index is 0.318. The maximum absolute atomic E-state index is 8.82. The van der Waals surface area contributed by atoms with Crippen LogP contribution >= 0.6 is 0 Å². The van der Waals surface area contributed by atoms with Crippen LogP contribution in [0.3, 0.4) is 0 Å². The SMILES string of the molecule is N#Cc1nccnc1NCc1ccccc1. The van der Waals surface area contributed by atoms with Crippen LogP contribution in [-0.2, 0) is 6.54 Å². The molecular weight excluding hydrogens is 200 g/mol. The van der Waals surface area contributed by atoms with Crippen molar-refractivity contribution < 1.29 is 0 Å². The third-order valence-electron chi connectivity index (χ3n) is 2.11. The second-order valence-corrected chi connectivity index (χ2v) is 3.20. The van der Waals surface area contributed by atoms with Crippen molar-refractivity contribution in [1.29, 1.82) is 5.26 Å². The fourth-order valence-corrected chi connectivity index (χ4v) is 1.33. The van der Waals surface area contributed by atoms with Crippen LogP contribution in [-0.4, -0.2) is 9.97 Å². The van der Waals surface area contributed by atoms with Crippen LogP contribution in [0.25, 0.3) is 0 Å². The molecule has 0 aliphatic rings. The second kappa shape index (κ2) is 4.89. The molecule has 0 aliphatic carbocycles. The molecule has 0 bridgehead atoms. The molecule has 0 aliphatic heterocycles. The third-order valence-corrected chi connectivity index (χ3v) is 2.11. The van der Waals surface area contributed by atoms with E-state index in [9.17, 15) is 0 Å². The van der Waals surface area contributed by atoms with Gasteiger partial charge in [-0.15, -0.1) is 0 Å². The zero-order valence-corrected chi connectivity index (χ0v) is 8.59. The standard InChI is InChI=1S/C12H10N4/c13-8-11-12(15-7-6-14-11)16-9-10-4-2-1-3-5-10/h1-7H,9H2,(H,15,16). The first-order valence-corrected chi connectivity index (χ1v) is 4.89. The van der Waals surface area contributed by atoms with Gasteiger partial charge in [-0.25, -0.2) is 9.97 Å². The van der Waals surface area contributed by atoms with Gasteiger partial charge in [0.15, 0.2) is 11.5 Å². The average Bonchev–Trinajstić information content (AvgIpc) is 2.38. The highest BCUT2D eigenvalue weighted by molar-refractivity contribution is 5.46. The van der Waals surface area contributed by atoms with Crippen LogP contribution in [0.5, 0.6) is 0 Å². The van der Waals surface area contributed by atoms with Crippen molar-refractivity contribution in [3.05, 3.63) is 54.0 Å². The molecule has 2 aromatic rings. The molecule has 0 unspecified atom stereocenters. The predicted octanol–water partition coefficient (Wildman–Crippen LogP) is 1.96. The lowest BCUT2D eigenvalue weighted by Gasteiger charge is -2.05. The van der Waals surface area contributed by atoms with Gasteiger partial charge in [0, 0.05) is 18.9 Å². The van der Waals surface area contributed by atoms with Crippen molar-refractivity contribution in [1.82, 2.24) is 9.97 Å². The van der Waals surface area contributed by atoms with Gasteiger partial charge in [0.1, 0.15) is 6.07 Å². The Morgan fingerprint density at radius 3 is 2.62 bits per heavy atom. The monoisotopic (exact) mass is 210 g/mol. The molecule has 0 saturated carbocycles. The summed E-state index contributed by atoms with van der Waals surface area (Å²) >= 11 is 0. The van der Waals surface area contributed by atoms with Gasteiger partial charge in [-0.05, 0) is 5.56 Å². The quantitative estimate of drug-likeness (QED) is 0.841. The van der Waals surface area contributed by atoms with E-state index in [1.54, 1.807) is 6.20 Å². The van der Waals surface area contributed by atoms with Crippen LogP contribution in [0.2, 0.25) is 0 Å². The van der Waals surface area contributed by atoms with Crippen molar-refractivity contribution in [3.8, 4) is 6.07 Å². The molecule has 4 nitrogen and oxygen atoms in total. The second-order valence-electron chi connectivity index (χ2n) is 3.20. The topological polar surface area (TPSA) is 61.6 Å². The Kier molecular flexibility index (Phi) is 3.10. The molecule has 1 aromatic carbocycles. The Hall–Kier alpha value is -2.41. The molecule has 0 saturated heterocycles. The Morgan fingerprint density at radius 2 is 1.88 bits per heavy atom. The molecule has 78 valence electrons. The number of nitriles is 1. The summed E-state index contributed by atoms with van der Waals surface area (Å²) in [5.41, 5.74) is 1.45.